The zero-order valence-corrected chi connectivity index (χ0v) is 35.3. The van der Waals surface area contributed by atoms with Crippen LogP contribution in [0.1, 0.15) is 153 Å². The molecule has 0 unspecified atom stereocenters. The van der Waals surface area contributed by atoms with E-state index in [4.69, 9.17) is 0 Å². The summed E-state index contributed by atoms with van der Waals surface area (Å²) in [5.74, 6) is 0. The zero-order valence-electron chi connectivity index (χ0n) is 28.8. The Hall–Kier alpha value is -0.240. The molecule has 0 bridgehead atoms. The van der Waals surface area contributed by atoms with Gasteiger partial charge in [-0.3, -0.25) is 0 Å². The van der Waals surface area contributed by atoms with Crippen LogP contribution in [0.5, 0.6) is 0 Å². The fourth-order valence-corrected chi connectivity index (χ4v) is 12.5. The van der Waals surface area contributed by atoms with E-state index in [1.807, 2.05) is 22.7 Å². The fraction of sp³-hybridized carbons (Fsp3) is 0.600. The van der Waals surface area contributed by atoms with Crippen molar-refractivity contribution in [3.8, 4) is 29.3 Å². The van der Waals surface area contributed by atoms with E-state index in [-0.39, 0.29) is 0 Å². The molecule has 4 aromatic heterocycles. The highest BCUT2D eigenvalue weighted by atomic mass is 79.9. The molecular formula is C40H56Br2S4. The van der Waals surface area contributed by atoms with Crippen molar-refractivity contribution in [2.24, 2.45) is 0 Å². The van der Waals surface area contributed by atoms with Crippen LogP contribution in [0.2, 0.25) is 0 Å². The van der Waals surface area contributed by atoms with Crippen LogP contribution in [0.3, 0.4) is 0 Å². The lowest BCUT2D eigenvalue weighted by molar-refractivity contribution is 0.666. The summed E-state index contributed by atoms with van der Waals surface area (Å²) in [5.41, 5.74) is 6.16. The van der Waals surface area contributed by atoms with Gasteiger partial charge in [-0.1, -0.05) is 105 Å². The molecule has 46 heavy (non-hydrogen) atoms. The molecule has 0 amide bonds. The SMILES string of the molecule is CCCCCCc1cc(-c2cc(CCCCCC)c(-c3sc(-c4cc(CCCCCC)c(Br)s4)cc3CCCCCC)s2)sc1Br. The minimum atomic E-state index is 1.19. The van der Waals surface area contributed by atoms with E-state index in [0.717, 1.165) is 0 Å². The number of halogens is 2. The van der Waals surface area contributed by atoms with Gasteiger partial charge in [-0.15, -0.1) is 45.3 Å². The van der Waals surface area contributed by atoms with Crippen LogP contribution in [0.4, 0.5) is 0 Å². The number of thiophene rings is 4. The Morgan fingerprint density at radius 2 is 0.652 bits per heavy atom. The average Bonchev–Trinajstić information content (AvgIpc) is 3.83. The van der Waals surface area contributed by atoms with E-state index in [1.54, 1.807) is 20.9 Å². The van der Waals surface area contributed by atoms with E-state index in [1.165, 1.54) is 167 Å². The second-order valence-electron chi connectivity index (χ2n) is 13.0. The molecule has 0 nitrogen and oxygen atoms in total. The summed E-state index contributed by atoms with van der Waals surface area (Å²) in [4.78, 5) is 8.92. The van der Waals surface area contributed by atoms with Gasteiger partial charge in [-0.2, -0.15) is 0 Å². The molecule has 0 saturated heterocycles. The number of rotatable bonds is 23. The summed E-state index contributed by atoms with van der Waals surface area (Å²) in [6, 6.07) is 10.1. The summed E-state index contributed by atoms with van der Waals surface area (Å²) in [7, 11) is 0. The predicted molar refractivity (Wildman–Crippen MR) is 221 cm³/mol. The molecule has 0 N–H and O–H groups in total. The zero-order chi connectivity index (χ0) is 32.7. The van der Waals surface area contributed by atoms with E-state index in [0.29, 0.717) is 0 Å². The van der Waals surface area contributed by atoms with Crippen LogP contribution < -0.4 is 0 Å². The summed E-state index contributed by atoms with van der Waals surface area (Å²) < 4.78 is 2.67. The minimum Gasteiger partial charge on any atom is -0.133 e. The topological polar surface area (TPSA) is 0 Å². The van der Waals surface area contributed by atoms with E-state index < -0.39 is 0 Å². The molecule has 254 valence electrons. The van der Waals surface area contributed by atoms with Crippen LogP contribution in [-0.4, -0.2) is 0 Å². The molecule has 0 spiro atoms. The Balaban J connectivity index is 1.68. The normalized spacial score (nSPS) is 11.7. The summed E-state index contributed by atoms with van der Waals surface area (Å²) in [6.45, 7) is 9.23. The van der Waals surface area contributed by atoms with Crippen LogP contribution in [0.25, 0.3) is 29.3 Å². The number of hydrogen-bond acceptors (Lipinski definition) is 4. The van der Waals surface area contributed by atoms with Gasteiger partial charge in [0, 0.05) is 29.3 Å². The highest BCUT2D eigenvalue weighted by Gasteiger charge is 2.21. The van der Waals surface area contributed by atoms with Crippen LogP contribution in [-0.2, 0) is 25.7 Å². The largest absolute Gasteiger partial charge is 0.133 e. The van der Waals surface area contributed by atoms with E-state index in [2.05, 4.69) is 106 Å². The van der Waals surface area contributed by atoms with Crippen molar-refractivity contribution in [3.63, 3.8) is 0 Å². The number of aryl methyl sites for hydroxylation is 4. The highest BCUT2D eigenvalue weighted by Crippen LogP contribution is 2.49. The minimum absolute atomic E-state index is 1.19. The van der Waals surface area contributed by atoms with Gasteiger partial charge in [-0.05, 0) is 130 Å². The van der Waals surface area contributed by atoms with Gasteiger partial charge < -0.3 is 0 Å². The molecular weight excluding hydrogens is 769 g/mol. The third kappa shape index (κ3) is 11.4. The molecule has 0 fully saturated rings. The molecule has 0 radical (unpaired) electrons. The van der Waals surface area contributed by atoms with Gasteiger partial charge in [0.2, 0.25) is 0 Å². The maximum absolute atomic E-state index is 3.95. The van der Waals surface area contributed by atoms with Gasteiger partial charge in [-0.25, -0.2) is 0 Å². The molecule has 0 aliphatic heterocycles. The molecule has 4 rings (SSSR count). The summed E-state index contributed by atoms with van der Waals surface area (Å²) >= 11 is 15.9. The van der Waals surface area contributed by atoms with Crippen LogP contribution in [0, 0.1) is 0 Å². The van der Waals surface area contributed by atoms with Crippen molar-refractivity contribution < 1.29 is 0 Å². The molecule has 0 aliphatic carbocycles. The smallest absolute Gasteiger partial charge is 0.0737 e. The van der Waals surface area contributed by atoms with Crippen molar-refractivity contribution in [1.29, 1.82) is 0 Å². The monoisotopic (exact) mass is 822 g/mol. The molecule has 0 saturated carbocycles. The first kappa shape index (κ1) is 38.6. The summed E-state index contributed by atoms with van der Waals surface area (Å²) in [6.07, 6.45) is 25.8. The fourth-order valence-electron chi connectivity index (χ4n) is 6.22. The highest BCUT2D eigenvalue weighted by molar-refractivity contribution is 9.11. The van der Waals surface area contributed by atoms with Crippen LogP contribution >= 0.6 is 77.2 Å². The van der Waals surface area contributed by atoms with Crippen molar-refractivity contribution in [2.75, 3.05) is 0 Å². The van der Waals surface area contributed by atoms with Gasteiger partial charge >= 0.3 is 0 Å². The molecule has 0 aromatic carbocycles. The Labute approximate surface area is 314 Å². The van der Waals surface area contributed by atoms with E-state index in [9.17, 15) is 0 Å². The lowest BCUT2D eigenvalue weighted by Gasteiger charge is -2.06. The quantitative estimate of drug-likeness (QED) is 0.0654. The van der Waals surface area contributed by atoms with Gasteiger partial charge in [0.05, 0.1) is 7.57 Å². The number of hydrogen-bond donors (Lipinski definition) is 0. The van der Waals surface area contributed by atoms with Gasteiger partial charge in [0.15, 0.2) is 0 Å². The van der Waals surface area contributed by atoms with Crippen molar-refractivity contribution in [2.45, 2.75) is 156 Å². The third-order valence-corrected chi connectivity index (χ3v) is 15.9. The molecule has 0 atom stereocenters. The number of unbranched alkanes of at least 4 members (excludes halogenated alkanes) is 12. The van der Waals surface area contributed by atoms with Gasteiger partial charge in [0.1, 0.15) is 0 Å². The maximum atomic E-state index is 3.95. The predicted octanol–water partition coefficient (Wildman–Crippen LogP) is 16.9. The Morgan fingerprint density at radius 3 is 0.978 bits per heavy atom. The van der Waals surface area contributed by atoms with Crippen molar-refractivity contribution in [1.82, 2.24) is 0 Å². The first-order valence-corrected chi connectivity index (χ1v) is 23.2. The third-order valence-electron chi connectivity index (χ3n) is 9.02. The maximum Gasteiger partial charge on any atom is 0.0737 e. The van der Waals surface area contributed by atoms with E-state index >= 15 is 0 Å². The molecule has 0 aliphatic rings. The second kappa shape index (κ2) is 21.1. The molecule has 6 heteroatoms. The Bertz CT molecular complexity index is 1330. The Kier molecular flexibility index (Phi) is 17.7. The second-order valence-corrected chi connectivity index (χ2v) is 19.8. The average molecular weight is 825 g/mol. The molecule has 4 heterocycles. The molecule has 4 aromatic rings. The first-order chi connectivity index (χ1) is 22.5. The van der Waals surface area contributed by atoms with Crippen molar-refractivity contribution >= 4 is 77.2 Å². The van der Waals surface area contributed by atoms with Crippen LogP contribution in [0.15, 0.2) is 31.8 Å². The lowest BCUT2D eigenvalue weighted by atomic mass is 10.0. The first-order valence-electron chi connectivity index (χ1n) is 18.3. The summed E-state index contributed by atoms with van der Waals surface area (Å²) in [5, 5.41) is 0. The lowest BCUT2D eigenvalue weighted by Crippen LogP contribution is -1.89. The van der Waals surface area contributed by atoms with Crippen molar-refractivity contribution in [3.05, 3.63) is 54.1 Å². The Morgan fingerprint density at radius 1 is 0.370 bits per heavy atom. The standard InChI is InChI=1S/C40H56Br2S4/c1-5-9-13-17-21-29-25-33(35-27-31(39(41)45-35)23-19-15-11-7-3)43-37(29)38-30(22-18-14-10-6-2)26-34(44-38)36-28-32(40(42)46-36)24-20-16-12-8-4/h25-28H,5-24H2,1-4H3. The van der Waals surface area contributed by atoms with Gasteiger partial charge in [0.25, 0.3) is 0 Å².